The van der Waals surface area contributed by atoms with Gasteiger partial charge in [0.15, 0.2) is 6.61 Å². The molecule has 0 aromatic heterocycles. The number of nitrogens with zero attached hydrogens (tertiary/aromatic N) is 1. The van der Waals surface area contributed by atoms with Gasteiger partial charge in [0, 0.05) is 18.7 Å². The van der Waals surface area contributed by atoms with Crippen molar-refractivity contribution in [2.75, 3.05) is 25.0 Å². The van der Waals surface area contributed by atoms with E-state index in [2.05, 4.69) is 5.32 Å². The summed E-state index contributed by atoms with van der Waals surface area (Å²) in [5.41, 5.74) is 0.988. The van der Waals surface area contributed by atoms with E-state index < -0.39 is 5.97 Å². The van der Waals surface area contributed by atoms with Crippen LogP contribution < -0.4 is 5.32 Å². The molecule has 2 aromatic carbocycles. The van der Waals surface area contributed by atoms with Crippen LogP contribution in [0.4, 0.5) is 5.69 Å². The third kappa shape index (κ3) is 5.42. The molecule has 2 atom stereocenters. The lowest BCUT2D eigenvalue weighted by Crippen LogP contribution is -2.49. The van der Waals surface area contributed by atoms with Crippen LogP contribution in [-0.4, -0.2) is 54.6 Å². The smallest absolute Gasteiger partial charge is 0.340 e. The Hall–Kier alpha value is -3.19. The summed E-state index contributed by atoms with van der Waals surface area (Å²) >= 11 is 0. The lowest BCUT2D eigenvalue weighted by atomic mass is 10.1. The summed E-state index contributed by atoms with van der Waals surface area (Å²) < 4.78 is 10.8. The highest BCUT2D eigenvalue weighted by molar-refractivity contribution is 6.08. The predicted molar refractivity (Wildman–Crippen MR) is 108 cm³/mol. The molecule has 1 aliphatic heterocycles. The summed E-state index contributed by atoms with van der Waals surface area (Å²) in [5, 5.41) is 2.72. The van der Waals surface area contributed by atoms with E-state index in [0.717, 1.165) is 0 Å². The molecule has 1 heterocycles. The van der Waals surface area contributed by atoms with Gasteiger partial charge in [-0.1, -0.05) is 30.3 Å². The normalized spacial score (nSPS) is 18.8. The molecule has 0 saturated carbocycles. The topological polar surface area (TPSA) is 84.9 Å². The number of hydrogen-bond acceptors (Lipinski definition) is 5. The number of nitrogens with one attached hydrogen (secondary N) is 1. The average Bonchev–Trinajstić information content (AvgIpc) is 2.72. The van der Waals surface area contributed by atoms with Crippen LogP contribution in [0.5, 0.6) is 0 Å². The molecule has 29 heavy (non-hydrogen) atoms. The van der Waals surface area contributed by atoms with Gasteiger partial charge in [-0.2, -0.15) is 0 Å². The molecule has 1 fully saturated rings. The zero-order valence-corrected chi connectivity index (χ0v) is 16.5. The molecule has 0 aliphatic carbocycles. The van der Waals surface area contributed by atoms with Gasteiger partial charge in [0.05, 0.1) is 23.5 Å². The molecular formula is C22H24N2O5. The number of para-hydroxylation sites is 1. The van der Waals surface area contributed by atoms with E-state index in [1.165, 1.54) is 0 Å². The SMILES string of the molecule is C[C@H]1CN(C(=O)COC(=O)c2ccccc2NC(=O)c2ccccc2)C[C@H](C)O1. The standard InChI is InChI=1S/C22H24N2O5/c1-15-12-24(13-16(2)29-15)20(25)14-28-22(27)18-10-6-7-11-19(18)23-21(26)17-8-4-3-5-9-17/h3-11,15-16H,12-14H2,1-2H3,(H,23,26)/t15-,16-/m0/s1. The second-order valence-corrected chi connectivity index (χ2v) is 7.00. The first-order valence-corrected chi connectivity index (χ1v) is 9.50. The van der Waals surface area contributed by atoms with Crippen molar-refractivity contribution in [2.45, 2.75) is 26.1 Å². The summed E-state index contributed by atoms with van der Waals surface area (Å²) in [6.07, 6.45) is -0.125. The van der Waals surface area contributed by atoms with Crippen molar-refractivity contribution < 1.29 is 23.9 Å². The maximum absolute atomic E-state index is 12.5. The Morgan fingerprint density at radius 3 is 2.31 bits per heavy atom. The quantitative estimate of drug-likeness (QED) is 0.786. The second kappa shape index (κ2) is 9.34. The first kappa shape index (κ1) is 20.5. The monoisotopic (exact) mass is 396 g/mol. The molecule has 0 spiro atoms. The first-order valence-electron chi connectivity index (χ1n) is 9.50. The Bertz CT molecular complexity index is 874. The molecule has 152 valence electrons. The fraction of sp³-hybridized carbons (Fsp3) is 0.318. The van der Waals surface area contributed by atoms with E-state index in [4.69, 9.17) is 9.47 Å². The third-order valence-electron chi connectivity index (χ3n) is 4.53. The van der Waals surface area contributed by atoms with Crippen LogP contribution in [0, 0.1) is 0 Å². The van der Waals surface area contributed by atoms with Crippen molar-refractivity contribution in [2.24, 2.45) is 0 Å². The van der Waals surface area contributed by atoms with Gasteiger partial charge in [-0.05, 0) is 38.1 Å². The van der Waals surface area contributed by atoms with Crippen molar-refractivity contribution in [3.05, 3.63) is 65.7 Å². The summed E-state index contributed by atoms with van der Waals surface area (Å²) in [7, 11) is 0. The van der Waals surface area contributed by atoms with E-state index in [1.807, 2.05) is 19.9 Å². The molecule has 2 amide bonds. The number of ether oxygens (including phenoxy) is 2. The lowest BCUT2D eigenvalue weighted by molar-refractivity contribution is -0.146. The maximum atomic E-state index is 12.5. The van der Waals surface area contributed by atoms with Crippen LogP contribution >= 0.6 is 0 Å². The van der Waals surface area contributed by atoms with Crippen molar-refractivity contribution >= 4 is 23.5 Å². The first-order chi connectivity index (χ1) is 13.9. The molecule has 2 aromatic rings. The predicted octanol–water partition coefficient (Wildman–Crippen LogP) is 2.73. The van der Waals surface area contributed by atoms with Gasteiger partial charge in [0.2, 0.25) is 0 Å². The number of rotatable bonds is 5. The van der Waals surface area contributed by atoms with E-state index in [0.29, 0.717) is 24.3 Å². The van der Waals surface area contributed by atoms with E-state index in [9.17, 15) is 14.4 Å². The number of carbonyl (C=O) groups excluding carboxylic acids is 3. The Balaban J connectivity index is 1.62. The van der Waals surface area contributed by atoms with Gasteiger partial charge < -0.3 is 19.7 Å². The van der Waals surface area contributed by atoms with E-state index in [-0.39, 0.29) is 36.2 Å². The number of benzene rings is 2. The fourth-order valence-electron chi connectivity index (χ4n) is 3.23. The molecule has 1 aliphatic rings. The molecular weight excluding hydrogens is 372 g/mol. The van der Waals surface area contributed by atoms with Crippen LogP contribution in [0.3, 0.4) is 0 Å². The van der Waals surface area contributed by atoms with Gasteiger partial charge in [-0.15, -0.1) is 0 Å². The number of esters is 1. The van der Waals surface area contributed by atoms with Crippen molar-refractivity contribution in [3.8, 4) is 0 Å². The summed E-state index contributed by atoms with van der Waals surface area (Å²) in [4.78, 5) is 38.9. The zero-order valence-electron chi connectivity index (χ0n) is 16.5. The van der Waals surface area contributed by atoms with Gasteiger partial charge in [-0.25, -0.2) is 4.79 Å². The molecule has 0 bridgehead atoms. The Morgan fingerprint density at radius 1 is 1.00 bits per heavy atom. The maximum Gasteiger partial charge on any atom is 0.340 e. The van der Waals surface area contributed by atoms with Crippen LogP contribution in [0.2, 0.25) is 0 Å². The third-order valence-corrected chi connectivity index (χ3v) is 4.53. The molecule has 0 radical (unpaired) electrons. The summed E-state index contributed by atoms with van der Waals surface area (Å²) in [5.74, 6) is -1.28. The lowest BCUT2D eigenvalue weighted by Gasteiger charge is -2.35. The minimum atomic E-state index is -0.670. The Kier molecular flexibility index (Phi) is 6.61. The van der Waals surface area contributed by atoms with E-state index in [1.54, 1.807) is 53.4 Å². The number of morpholine rings is 1. The molecule has 0 unspecified atom stereocenters. The average molecular weight is 396 g/mol. The number of hydrogen-bond donors (Lipinski definition) is 1. The minimum Gasteiger partial charge on any atom is -0.452 e. The Morgan fingerprint density at radius 2 is 1.62 bits per heavy atom. The van der Waals surface area contributed by atoms with Crippen LogP contribution in [0.15, 0.2) is 54.6 Å². The molecule has 7 heteroatoms. The van der Waals surface area contributed by atoms with Crippen LogP contribution in [0.1, 0.15) is 34.6 Å². The van der Waals surface area contributed by atoms with Gasteiger partial charge >= 0.3 is 5.97 Å². The minimum absolute atomic E-state index is 0.0627. The summed E-state index contributed by atoms with van der Waals surface area (Å²) in [6.45, 7) is 4.36. The van der Waals surface area contributed by atoms with Gasteiger partial charge in [-0.3, -0.25) is 9.59 Å². The van der Waals surface area contributed by atoms with E-state index >= 15 is 0 Å². The highest BCUT2D eigenvalue weighted by Crippen LogP contribution is 2.18. The fourth-order valence-corrected chi connectivity index (χ4v) is 3.23. The molecule has 3 rings (SSSR count). The van der Waals surface area contributed by atoms with Crippen LogP contribution in [0.25, 0.3) is 0 Å². The Labute approximate surface area is 169 Å². The second-order valence-electron chi connectivity index (χ2n) is 7.00. The number of amides is 2. The number of anilines is 1. The van der Waals surface area contributed by atoms with Gasteiger partial charge in [0.1, 0.15) is 0 Å². The highest BCUT2D eigenvalue weighted by atomic mass is 16.5. The van der Waals surface area contributed by atoms with Gasteiger partial charge in [0.25, 0.3) is 11.8 Å². The summed E-state index contributed by atoms with van der Waals surface area (Å²) in [6, 6.07) is 15.2. The zero-order chi connectivity index (χ0) is 20.8. The number of carbonyl (C=O) groups is 3. The van der Waals surface area contributed by atoms with Crippen molar-refractivity contribution in [1.82, 2.24) is 4.90 Å². The van der Waals surface area contributed by atoms with Crippen LogP contribution in [-0.2, 0) is 14.3 Å². The van der Waals surface area contributed by atoms with Crippen molar-refractivity contribution in [1.29, 1.82) is 0 Å². The molecule has 1 saturated heterocycles. The molecule has 7 nitrogen and oxygen atoms in total. The van der Waals surface area contributed by atoms with Crippen molar-refractivity contribution in [3.63, 3.8) is 0 Å². The highest BCUT2D eigenvalue weighted by Gasteiger charge is 2.26. The largest absolute Gasteiger partial charge is 0.452 e. The molecule has 1 N–H and O–H groups in total.